The van der Waals surface area contributed by atoms with Crippen LogP contribution in [0.3, 0.4) is 0 Å². The lowest BCUT2D eigenvalue weighted by Crippen LogP contribution is -2.47. The number of para-hydroxylation sites is 1. The van der Waals surface area contributed by atoms with E-state index in [9.17, 15) is 14.9 Å². The Hall–Kier alpha value is -3.71. The normalized spacial score (nSPS) is 16.9. The average molecular weight is 457 g/mol. The van der Waals surface area contributed by atoms with Gasteiger partial charge in [0, 0.05) is 42.0 Å². The van der Waals surface area contributed by atoms with Crippen molar-refractivity contribution in [2.45, 2.75) is 24.7 Å². The number of likely N-dealkylation sites (tertiary alicyclic amines) is 1. The first-order valence-electron chi connectivity index (χ1n) is 11.7. The quantitative estimate of drug-likeness (QED) is 0.422. The van der Waals surface area contributed by atoms with Crippen molar-refractivity contribution in [3.63, 3.8) is 0 Å². The lowest BCUT2D eigenvalue weighted by molar-refractivity contribution is -0.384. The van der Waals surface area contributed by atoms with Gasteiger partial charge < -0.3 is 10.2 Å². The van der Waals surface area contributed by atoms with Crippen molar-refractivity contribution >= 4 is 23.1 Å². The molecule has 7 heteroatoms. The number of rotatable bonds is 5. The Morgan fingerprint density at radius 3 is 2.32 bits per heavy atom. The number of hydrogen-bond donors (Lipinski definition) is 1. The number of nitro benzene ring substituents is 1. The molecule has 0 unspecified atom stereocenters. The molecular formula is C27H28N4O3. The third-order valence-corrected chi connectivity index (χ3v) is 7.17. The first kappa shape index (κ1) is 22.1. The molecule has 2 aliphatic rings. The van der Waals surface area contributed by atoms with E-state index in [4.69, 9.17) is 0 Å². The maximum Gasteiger partial charge on any atom is 0.326 e. The fraction of sp³-hybridized carbons (Fsp3) is 0.296. The van der Waals surface area contributed by atoms with E-state index in [-0.39, 0.29) is 17.1 Å². The zero-order chi connectivity index (χ0) is 23.5. The summed E-state index contributed by atoms with van der Waals surface area (Å²) in [5, 5.41) is 13.8. The molecule has 1 spiro atoms. The molecule has 2 heterocycles. The minimum Gasteiger partial charge on any atom is -0.308 e. The van der Waals surface area contributed by atoms with Crippen molar-refractivity contribution in [1.29, 1.82) is 0 Å². The van der Waals surface area contributed by atoms with Gasteiger partial charge in [0.2, 0.25) is 0 Å². The van der Waals surface area contributed by atoms with Crippen LogP contribution < -0.4 is 10.2 Å². The number of non-ortho nitro benzene ring substituents is 1. The number of nitro groups is 1. The van der Waals surface area contributed by atoms with Crippen LogP contribution in [0.2, 0.25) is 0 Å². The van der Waals surface area contributed by atoms with E-state index in [0.717, 1.165) is 44.6 Å². The molecule has 0 radical (unpaired) electrons. The van der Waals surface area contributed by atoms with Crippen molar-refractivity contribution in [3.8, 4) is 0 Å². The van der Waals surface area contributed by atoms with Crippen molar-refractivity contribution in [2.24, 2.45) is 0 Å². The predicted molar refractivity (Wildman–Crippen MR) is 133 cm³/mol. The summed E-state index contributed by atoms with van der Waals surface area (Å²) < 4.78 is 0. The fourth-order valence-electron chi connectivity index (χ4n) is 5.23. The Labute approximate surface area is 199 Å². The van der Waals surface area contributed by atoms with Crippen LogP contribution in [0.4, 0.5) is 21.9 Å². The molecule has 1 saturated heterocycles. The third kappa shape index (κ3) is 4.39. The number of hydrogen-bond acceptors (Lipinski definition) is 4. The second-order valence-corrected chi connectivity index (χ2v) is 9.19. The zero-order valence-corrected chi connectivity index (χ0v) is 19.0. The molecule has 34 heavy (non-hydrogen) atoms. The minimum absolute atomic E-state index is 0.00231. The summed E-state index contributed by atoms with van der Waals surface area (Å²) in [7, 11) is 0. The summed E-state index contributed by atoms with van der Waals surface area (Å²) in [5.74, 6) is 0. The molecule has 3 aromatic carbocycles. The topological polar surface area (TPSA) is 78.7 Å². The molecule has 0 aromatic heterocycles. The average Bonchev–Trinajstić information content (AvgIpc) is 3.19. The number of nitrogens with zero attached hydrogens (tertiary/aromatic N) is 3. The smallest absolute Gasteiger partial charge is 0.308 e. The number of anilines is 2. The minimum atomic E-state index is -0.446. The van der Waals surface area contributed by atoms with Crippen molar-refractivity contribution in [3.05, 3.63) is 100 Å². The molecular weight excluding hydrogens is 428 g/mol. The van der Waals surface area contributed by atoms with E-state index in [0.29, 0.717) is 12.2 Å². The second kappa shape index (κ2) is 9.27. The number of carbonyl (C=O) groups is 1. The van der Waals surface area contributed by atoms with Gasteiger partial charge in [0.15, 0.2) is 0 Å². The molecule has 1 fully saturated rings. The van der Waals surface area contributed by atoms with Gasteiger partial charge in [-0.1, -0.05) is 48.5 Å². The van der Waals surface area contributed by atoms with Crippen LogP contribution in [0.1, 0.15) is 24.0 Å². The van der Waals surface area contributed by atoms with E-state index in [1.54, 1.807) is 12.1 Å². The van der Waals surface area contributed by atoms with Crippen molar-refractivity contribution in [2.75, 3.05) is 36.4 Å². The summed E-state index contributed by atoms with van der Waals surface area (Å²) in [6.07, 6.45) is 3.08. The molecule has 2 aliphatic heterocycles. The number of piperidine rings is 1. The third-order valence-electron chi connectivity index (χ3n) is 7.17. The van der Waals surface area contributed by atoms with E-state index >= 15 is 0 Å². The zero-order valence-electron chi connectivity index (χ0n) is 19.0. The highest BCUT2D eigenvalue weighted by Crippen LogP contribution is 2.47. The van der Waals surface area contributed by atoms with Gasteiger partial charge in [-0.15, -0.1) is 0 Å². The molecule has 0 bridgehead atoms. The number of amides is 2. The van der Waals surface area contributed by atoms with Gasteiger partial charge in [-0.05, 0) is 61.7 Å². The monoisotopic (exact) mass is 456 g/mol. The van der Waals surface area contributed by atoms with Crippen molar-refractivity contribution in [1.82, 2.24) is 4.90 Å². The largest absolute Gasteiger partial charge is 0.326 e. The van der Waals surface area contributed by atoms with E-state index < -0.39 is 4.92 Å². The molecule has 5 rings (SSSR count). The molecule has 7 nitrogen and oxygen atoms in total. The number of nitrogens with one attached hydrogen (secondary N) is 1. The van der Waals surface area contributed by atoms with Crippen LogP contribution in [0, 0.1) is 10.1 Å². The number of carbonyl (C=O) groups excluding carboxylic acids is 1. The SMILES string of the molecule is O=C(Nc1ccc([N+](=O)[O-])cc1)N1CC2(CCN(CCc3ccccc3)CC2)c2ccccc21. The highest BCUT2D eigenvalue weighted by atomic mass is 16.6. The van der Waals surface area contributed by atoms with E-state index in [2.05, 4.69) is 52.7 Å². The summed E-state index contributed by atoms with van der Waals surface area (Å²) in [6.45, 7) is 3.72. The Balaban J connectivity index is 1.26. The number of benzene rings is 3. The molecule has 2 amide bonds. The van der Waals surface area contributed by atoms with E-state index in [1.165, 1.54) is 23.3 Å². The van der Waals surface area contributed by atoms with Gasteiger partial charge in [0.25, 0.3) is 5.69 Å². The summed E-state index contributed by atoms with van der Waals surface area (Å²) in [5.41, 5.74) is 4.08. The highest BCUT2D eigenvalue weighted by molar-refractivity contribution is 6.03. The lowest BCUT2D eigenvalue weighted by Gasteiger charge is -2.40. The summed E-state index contributed by atoms with van der Waals surface area (Å²) in [4.78, 5) is 28.0. The van der Waals surface area contributed by atoms with Gasteiger partial charge >= 0.3 is 6.03 Å². The van der Waals surface area contributed by atoms with Crippen LogP contribution in [-0.4, -0.2) is 42.0 Å². The molecule has 1 N–H and O–H groups in total. The van der Waals surface area contributed by atoms with Gasteiger partial charge in [0.05, 0.1) is 4.92 Å². The second-order valence-electron chi connectivity index (χ2n) is 9.19. The Kier molecular flexibility index (Phi) is 6.02. The first-order valence-corrected chi connectivity index (χ1v) is 11.7. The molecule has 0 saturated carbocycles. The number of fused-ring (bicyclic) bond motifs is 2. The molecule has 0 aliphatic carbocycles. The number of urea groups is 1. The van der Waals surface area contributed by atoms with Crippen LogP contribution in [0.25, 0.3) is 0 Å². The molecule has 174 valence electrons. The Morgan fingerprint density at radius 1 is 0.941 bits per heavy atom. The van der Waals surface area contributed by atoms with Gasteiger partial charge in [-0.3, -0.25) is 15.0 Å². The van der Waals surface area contributed by atoms with E-state index in [1.807, 2.05) is 17.0 Å². The first-order chi connectivity index (χ1) is 16.5. The summed E-state index contributed by atoms with van der Waals surface area (Å²) >= 11 is 0. The van der Waals surface area contributed by atoms with Gasteiger partial charge in [0.1, 0.15) is 0 Å². The Bertz CT molecular complexity index is 1170. The van der Waals surface area contributed by atoms with Crippen LogP contribution in [0.5, 0.6) is 0 Å². The Morgan fingerprint density at radius 2 is 1.62 bits per heavy atom. The van der Waals surface area contributed by atoms with Gasteiger partial charge in [-0.25, -0.2) is 4.79 Å². The maximum atomic E-state index is 13.2. The predicted octanol–water partition coefficient (Wildman–Crippen LogP) is 5.22. The lowest BCUT2D eigenvalue weighted by atomic mass is 9.74. The molecule has 3 aromatic rings. The highest BCUT2D eigenvalue weighted by Gasteiger charge is 2.46. The van der Waals surface area contributed by atoms with Crippen LogP contribution in [-0.2, 0) is 11.8 Å². The van der Waals surface area contributed by atoms with Crippen LogP contribution in [0.15, 0.2) is 78.9 Å². The van der Waals surface area contributed by atoms with Crippen LogP contribution >= 0.6 is 0 Å². The molecule has 0 atom stereocenters. The standard InChI is InChI=1S/C27H28N4O3/c32-26(28-22-10-12-23(13-11-22)31(33)34)30-20-27(24-8-4-5-9-25(24)30)15-18-29(19-16-27)17-14-21-6-2-1-3-7-21/h1-13H,14-20H2,(H,28,32). The van der Waals surface area contributed by atoms with Crippen molar-refractivity contribution < 1.29 is 9.72 Å². The maximum absolute atomic E-state index is 13.2. The summed E-state index contributed by atoms with van der Waals surface area (Å²) in [6, 6.07) is 24.5. The van der Waals surface area contributed by atoms with Gasteiger partial charge in [-0.2, -0.15) is 0 Å². The fourth-order valence-corrected chi connectivity index (χ4v) is 5.23.